The summed E-state index contributed by atoms with van der Waals surface area (Å²) in [5.74, 6) is -3.01. The zero-order valence-electron chi connectivity index (χ0n) is 9.01. The van der Waals surface area contributed by atoms with Gasteiger partial charge in [-0.15, -0.1) is 0 Å². The van der Waals surface area contributed by atoms with Gasteiger partial charge in [0.05, 0.1) is 6.61 Å². The summed E-state index contributed by atoms with van der Waals surface area (Å²) in [7, 11) is 1.72. The Morgan fingerprint density at radius 1 is 1.27 bits per heavy atom. The molecule has 0 bridgehead atoms. The van der Waals surface area contributed by atoms with Gasteiger partial charge in [0.2, 0.25) is 0 Å². The third kappa shape index (κ3) is 1.49. The number of ether oxygens (including phenoxy) is 1. The highest BCUT2D eigenvalue weighted by Gasteiger charge is 2.71. The van der Waals surface area contributed by atoms with Gasteiger partial charge in [0, 0.05) is 44.0 Å². The summed E-state index contributed by atoms with van der Waals surface area (Å²) in [5, 5.41) is 0. The number of fused-ring (bicyclic) bond motifs is 1. The van der Waals surface area contributed by atoms with Crippen LogP contribution >= 0.6 is 0 Å². The number of halogens is 2. The van der Waals surface area contributed by atoms with Gasteiger partial charge in [-0.2, -0.15) is 0 Å². The van der Waals surface area contributed by atoms with E-state index in [1.165, 1.54) is 12.8 Å². The van der Waals surface area contributed by atoms with Crippen LogP contribution in [0.15, 0.2) is 0 Å². The molecule has 3 aliphatic rings. The Bertz CT molecular complexity index is 264. The molecule has 2 atom stereocenters. The van der Waals surface area contributed by atoms with Crippen molar-refractivity contribution in [1.82, 2.24) is 4.90 Å². The van der Waals surface area contributed by atoms with E-state index < -0.39 is 5.92 Å². The van der Waals surface area contributed by atoms with Crippen LogP contribution in [0.1, 0.15) is 12.8 Å². The molecule has 0 spiro atoms. The smallest absolute Gasteiger partial charge is 0.257 e. The summed E-state index contributed by atoms with van der Waals surface area (Å²) >= 11 is 0. The van der Waals surface area contributed by atoms with E-state index in [1.807, 2.05) is 0 Å². The second-order valence-corrected chi connectivity index (χ2v) is 5.51. The van der Waals surface area contributed by atoms with Gasteiger partial charge in [-0.25, -0.2) is 8.78 Å². The highest BCUT2D eigenvalue weighted by atomic mass is 19.3. The number of alkyl halides is 2. The lowest BCUT2D eigenvalue weighted by molar-refractivity contribution is 0.0423. The van der Waals surface area contributed by atoms with Crippen molar-refractivity contribution in [3.05, 3.63) is 0 Å². The lowest BCUT2D eigenvalue weighted by atomic mass is 10.1. The SMILES string of the molecule is COCC1(CN2CC3C(C2)C3(F)F)CC1. The van der Waals surface area contributed by atoms with Crippen LogP contribution in [-0.2, 0) is 4.74 Å². The molecule has 1 heterocycles. The molecule has 1 aliphatic heterocycles. The molecule has 2 saturated carbocycles. The zero-order valence-corrected chi connectivity index (χ0v) is 9.01. The summed E-state index contributed by atoms with van der Waals surface area (Å²) in [6, 6.07) is 0. The van der Waals surface area contributed by atoms with E-state index in [0.29, 0.717) is 18.5 Å². The standard InChI is InChI=1S/C11H17F2NO/c1-15-7-10(2-3-10)6-14-4-8-9(5-14)11(8,12)13/h8-9H,2-7H2,1H3. The van der Waals surface area contributed by atoms with Crippen LogP contribution in [0.5, 0.6) is 0 Å². The van der Waals surface area contributed by atoms with E-state index in [-0.39, 0.29) is 11.8 Å². The third-order valence-corrected chi connectivity index (χ3v) is 4.24. The summed E-state index contributed by atoms with van der Waals surface area (Å²) in [5.41, 5.74) is 0.306. The van der Waals surface area contributed by atoms with E-state index in [2.05, 4.69) is 4.90 Å². The van der Waals surface area contributed by atoms with Gasteiger partial charge in [-0.3, -0.25) is 0 Å². The van der Waals surface area contributed by atoms with Crippen LogP contribution in [0, 0.1) is 17.3 Å². The molecule has 0 radical (unpaired) electrons. The molecule has 2 aliphatic carbocycles. The lowest BCUT2D eigenvalue weighted by Gasteiger charge is -2.24. The Morgan fingerprint density at radius 3 is 2.33 bits per heavy atom. The minimum atomic E-state index is -2.34. The van der Waals surface area contributed by atoms with Crippen molar-refractivity contribution in [2.75, 3.05) is 33.4 Å². The number of rotatable bonds is 4. The topological polar surface area (TPSA) is 12.5 Å². The first kappa shape index (κ1) is 9.97. The summed E-state index contributed by atoms with van der Waals surface area (Å²) in [4.78, 5) is 2.21. The molecular formula is C11H17F2NO. The van der Waals surface area contributed by atoms with Crippen molar-refractivity contribution >= 4 is 0 Å². The first-order chi connectivity index (χ1) is 7.07. The molecule has 2 nitrogen and oxygen atoms in total. The van der Waals surface area contributed by atoms with E-state index in [9.17, 15) is 8.78 Å². The highest BCUT2D eigenvalue weighted by molar-refractivity contribution is 5.13. The Labute approximate surface area is 88.6 Å². The number of likely N-dealkylation sites (tertiary alicyclic amines) is 1. The Morgan fingerprint density at radius 2 is 1.87 bits per heavy atom. The molecule has 86 valence electrons. The second kappa shape index (κ2) is 2.92. The first-order valence-corrected chi connectivity index (χ1v) is 5.66. The molecule has 3 rings (SSSR count). The fourth-order valence-corrected chi connectivity index (χ4v) is 3.02. The molecule has 2 unspecified atom stereocenters. The predicted molar refractivity (Wildman–Crippen MR) is 51.9 cm³/mol. The predicted octanol–water partition coefficient (Wildman–Crippen LogP) is 1.61. The largest absolute Gasteiger partial charge is 0.384 e. The van der Waals surface area contributed by atoms with Crippen LogP contribution in [0.4, 0.5) is 8.78 Å². The zero-order chi connectivity index (χ0) is 10.7. The monoisotopic (exact) mass is 217 g/mol. The van der Waals surface area contributed by atoms with Gasteiger partial charge in [0.15, 0.2) is 0 Å². The maximum Gasteiger partial charge on any atom is 0.257 e. The van der Waals surface area contributed by atoms with Crippen molar-refractivity contribution in [1.29, 1.82) is 0 Å². The minimum absolute atomic E-state index is 0.306. The van der Waals surface area contributed by atoms with Gasteiger partial charge in [0.25, 0.3) is 5.92 Å². The summed E-state index contributed by atoms with van der Waals surface area (Å²) in [6.45, 7) is 2.95. The fourth-order valence-electron chi connectivity index (χ4n) is 3.02. The molecule has 0 amide bonds. The number of hydrogen-bond donors (Lipinski definition) is 0. The van der Waals surface area contributed by atoms with Gasteiger partial charge in [0.1, 0.15) is 0 Å². The molecule has 0 N–H and O–H groups in total. The Balaban J connectivity index is 1.52. The van der Waals surface area contributed by atoms with Crippen molar-refractivity contribution in [3.63, 3.8) is 0 Å². The molecule has 0 aromatic heterocycles. The van der Waals surface area contributed by atoms with E-state index in [1.54, 1.807) is 7.11 Å². The van der Waals surface area contributed by atoms with Crippen molar-refractivity contribution in [2.24, 2.45) is 17.3 Å². The van der Waals surface area contributed by atoms with Gasteiger partial charge < -0.3 is 9.64 Å². The molecule has 15 heavy (non-hydrogen) atoms. The van der Waals surface area contributed by atoms with E-state index in [0.717, 1.165) is 13.2 Å². The summed E-state index contributed by atoms with van der Waals surface area (Å²) < 4.78 is 31.1. The molecule has 0 aromatic carbocycles. The van der Waals surface area contributed by atoms with Crippen LogP contribution in [0.3, 0.4) is 0 Å². The van der Waals surface area contributed by atoms with Crippen molar-refractivity contribution in [3.8, 4) is 0 Å². The molecule has 1 saturated heterocycles. The fraction of sp³-hybridized carbons (Fsp3) is 1.00. The second-order valence-electron chi connectivity index (χ2n) is 5.51. The van der Waals surface area contributed by atoms with E-state index >= 15 is 0 Å². The van der Waals surface area contributed by atoms with Gasteiger partial charge >= 0.3 is 0 Å². The van der Waals surface area contributed by atoms with Gasteiger partial charge in [-0.05, 0) is 12.8 Å². The molecular weight excluding hydrogens is 200 g/mol. The Hall–Kier alpha value is -0.220. The van der Waals surface area contributed by atoms with Crippen LogP contribution < -0.4 is 0 Å². The van der Waals surface area contributed by atoms with Crippen molar-refractivity contribution in [2.45, 2.75) is 18.8 Å². The molecule has 0 aromatic rings. The normalized spacial score (nSPS) is 40.2. The van der Waals surface area contributed by atoms with E-state index in [4.69, 9.17) is 4.74 Å². The molecule has 4 heteroatoms. The Kier molecular flexibility index (Phi) is 1.94. The average Bonchev–Trinajstić information content (AvgIpc) is 2.92. The third-order valence-electron chi connectivity index (χ3n) is 4.24. The molecule has 3 fully saturated rings. The lowest BCUT2D eigenvalue weighted by Crippen LogP contribution is -2.34. The van der Waals surface area contributed by atoms with Crippen LogP contribution in [-0.4, -0.2) is 44.2 Å². The maximum atomic E-state index is 13.0. The number of nitrogens with zero attached hydrogens (tertiary/aromatic N) is 1. The van der Waals surface area contributed by atoms with Crippen molar-refractivity contribution < 1.29 is 13.5 Å². The summed E-state index contributed by atoms with van der Waals surface area (Å²) in [6.07, 6.45) is 2.39. The number of piperidine rings is 1. The first-order valence-electron chi connectivity index (χ1n) is 5.66. The number of methoxy groups -OCH3 is 1. The van der Waals surface area contributed by atoms with Crippen LogP contribution in [0.2, 0.25) is 0 Å². The van der Waals surface area contributed by atoms with Crippen LogP contribution in [0.25, 0.3) is 0 Å². The quantitative estimate of drug-likeness (QED) is 0.709. The van der Waals surface area contributed by atoms with Gasteiger partial charge in [-0.1, -0.05) is 0 Å². The number of hydrogen-bond acceptors (Lipinski definition) is 2. The average molecular weight is 217 g/mol. The highest BCUT2D eigenvalue weighted by Crippen LogP contribution is 2.60. The minimum Gasteiger partial charge on any atom is -0.384 e. The maximum absolute atomic E-state index is 13.0.